The number of amides is 2. The maximum absolute atomic E-state index is 12.6. The van der Waals surface area contributed by atoms with Gasteiger partial charge in [-0.2, -0.15) is 0 Å². The molecule has 25 heavy (non-hydrogen) atoms. The van der Waals surface area contributed by atoms with E-state index in [4.69, 9.17) is 14.2 Å². The molecule has 1 fully saturated rings. The minimum atomic E-state index is -1.21. The molecule has 2 aliphatic heterocycles. The van der Waals surface area contributed by atoms with Crippen molar-refractivity contribution in [2.75, 3.05) is 20.3 Å². The zero-order valence-corrected chi connectivity index (χ0v) is 14.6. The van der Waals surface area contributed by atoms with Crippen LogP contribution in [-0.2, 0) is 9.53 Å². The molecule has 2 amide bonds. The van der Waals surface area contributed by atoms with Crippen molar-refractivity contribution in [2.45, 2.75) is 25.6 Å². The fraction of sp³-hybridized carbons (Fsp3) is 0.444. The first-order valence-corrected chi connectivity index (χ1v) is 8.19. The predicted molar refractivity (Wildman–Crippen MR) is 90.3 cm³/mol. The van der Waals surface area contributed by atoms with E-state index in [1.807, 2.05) is 19.1 Å². The highest BCUT2D eigenvalue weighted by atomic mass is 16.6. The number of urea groups is 1. The van der Waals surface area contributed by atoms with Crippen molar-refractivity contribution >= 4 is 12.0 Å². The molecule has 7 nitrogen and oxygen atoms in total. The van der Waals surface area contributed by atoms with Gasteiger partial charge in [-0.05, 0) is 19.9 Å². The van der Waals surface area contributed by atoms with Crippen LogP contribution in [0.2, 0.25) is 0 Å². The summed E-state index contributed by atoms with van der Waals surface area (Å²) < 4.78 is 16.9. The molecular weight excluding hydrogens is 324 g/mol. The third kappa shape index (κ3) is 2.50. The third-order valence-corrected chi connectivity index (χ3v) is 4.69. The Labute approximate surface area is 146 Å². The van der Waals surface area contributed by atoms with Crippen molar-refractivity contribution in [1.29, 1.82) is 0 Å². The standard InChI is InChI=1S/C18H22N2O5/c1-5-10-20-17(22)19-14-11-8-7-9-12(24-6-2)15(11)25-18(20,3)13(14)16(21)23-4/h5,7-9,13-14H,1,6,10H2,2-4H3,(H,19,22)/t13-,14-,18+/m1/s1. The number of nitrogens with zero attached hydrogens (tertiary/aromatic N) is 1. The van der Waals surface area contributed by atoms with Gasteiger partial charge in [-0.15, -0.1) is 6.58 Å². The molecule has 0 aliphatic carbocycles. The summed E-state index contributed by atoms with van der Waals surface area (Å²) in [4.78, 5) is 26.6. The van der Waals surface area contributed by atoms with Gasteiger partial charge >= 0.3 is 12.0 Å². The topological polar surface area (TPSA) is 77.1 Å². The zero-order chi connectivity index (χ0) is 18.2. The van der Waals surface area contributed by atoms with E-state index in [0.717, 1.165) is 0 Å². The Bertz CT molecular complexity index is 719. The average molecular weight is 346 g/mol. The zero-order valence-electron chi connectivity index (χ0n) is 14.6. The largest absolute Gasteiger partial charge is 0.490 e. The van der Waals surface area contributed by atoms with E-state index in [-0.39, 0.29) is 12.6 Å². The van der Waals surface area contributed by atoms with Crippen LogP contribution in [0.3, 0.4) is 0 Å². The summed E-state index contributed by atoms with van der Waals surface area (Å²) in [5.74, 6) is -0.0612. The van der Waals surface area contributed by atoms with Gasteiger partial charge in [-0.25, -0.2) is 4.79 Å². The van der Waals surface area contributed by atoms with Crippen LogP contribution in [0.25, 0.3) is 0 Å². The van der Waals surface area contributed by atoms with Crippen LogP contribution in [0.4, 0.5) is 4.79 Å². The Balaban J connectivity index is 2.18. The molecule has 1 N–H and O–H groups in total. The van der Waals surface area contributed by atoms with E-state index in [0.29, 0.717) is 23.7 Å². The molecule has 3 atom stereocenters. The number of ether oxygens (including phenoxy) is 3. The third-order valence-electron chi connectivity index (χ3n) is 4.69. The highest BCUT2D eigenvalue weighted by Gasteiger charge is 2.60. The first-order chi connectivity index (χ1) is 12.0. The van der Waals surface area contributed by atoms with Crippen molar-refractivity contribution < 1.29 is 23.8 Å². The van der Waals surface area contributed by atoms with Gasteiger partial charge in [0.1, 0.15) is 5.92 Å². The monoisotopic (exact) mass is 346 g/mol. The van der Waals surface area contributed by atoms with Crippen LogP contribution in [0, 0.1) is 5.92 Å². The number of carbonyl (C=O) groups is 2. The smallest absolute Gasteiger partial charge is 0.321 e. The van der Waals surface area contributed by atoms with Crippen molar-refractivity contribution in [3.05, 3.63) is 36.4 Å². The molecule has 2 heterocycles. The number of fused-ring (bicyclic) bond motifs is 4. The fourth-order valence-electron chi connectivity index (χ4n) is 3.59. The molecule has 0 unspecified atom stereocenters. The van der Waals surface area contributed by atoms with E-state index in [1.54, 1.807) is 19.1 Å². The Morgan fingerprint density at radius 1 is 1.52 bits per heavy atom. The van der Waals surface area contributed by atoms with Gasteiger partial charge in [0.25, 0.3) is 0 Å². The molecule has 134 valence electrons. The second-order valence-corrected chi connectivity index (χ2v) is 6.09. The first kappa shape index (κ1) is 17.1. The molecule has 2 aliphatic rings. The lowest BCUT2D eigenvalue weighted by Crippen LogP contribution is -2.71. The maximum atomic E-state index is 12.6. The van der Waals surface area contributed by atoms with Crippen LogP contribution >= 0.6 is 0 Å². The molecule has 0 radical (unpaired) electrons. The number of methoxy groups -OCH3 is 1. The highest BCUT2D eigenvalue weighted by molar-refractivity contribution is 5.84. The minimum absolute atomic E-state index is 0.231. The van der Waals surface area contributed by atoms with Gasteiger partial charge in [0, 0.05) is 12.1 Å². The first-order valence-electron chi connectivity index (χ1n) is 8.19. The predicted octanol–water partition coefficient (Wildman–Crippen LogP) is 2.24. The Hall–Kier alpha value is -2.70. The Morgan fingerprint density at radius 3 is 2.92 bits per heavy atom. The lowest BCUT2D eigenvalue weighted by molar-refractivity contribution is -0.175. The number of carbonyl (C=O) groups excluding carboxylic acids is 2. The van der Waals surface area contributed by atoms with Gasteiger partial charge in [-0.3, -0.25) is 9.69 Å². The average Bonchev–Trinajstić information content (AvgIpc) is 2.59. The summed E-state index contributed by atoms with van der Waals surface area (Å²) in [6, 6.07) is 4.56. The Kier molecular flexibility index (Phi) is 4.32. The maximum Gasteiger partial charge on any atom is 0.321 e. The van der Waals surface area contributed by atoms with E-state index in [9.17, 15) is 9.59 Å². The molecule has 0 aromatic heterocycles. The quantitative estimate of drug-likeness (QED) is 0.653. The molecule has 3 rings (SSSR count). The van der Waals surface area contributed by atoms with Gasteiger partial charge in [-0.1, -0.05) is 18.2 Å². The van der Waals surface area contributed by atoms with Gasteiger partial charge < -0.3 is 19.5 Å². The molecule has 1 aromatic carbocycles. The fourth-order valence-corrected chi connectivity index (χ4v) is 3.59. The molecule has 0 spiro atoms. The lowest BCUT2D eigenvalue weighted by atomic mass is 9.79. The summed E-state index contributed by atoms with van der Waals surface area (Å²) in [6.45, 7) is 8.00. The molecule has 0 saturated carbocycles. The minimum Gasteiger partial charge on any atom is -0.490 e. The SMILES string of the molecule is C=CCN1C(=O)N[C@@H]2c3cccc(OCC)c3O[C@@]1(C)[C@H]2C(=O)OC. The lowest BCUT2D eigenvalue weighted by Gasteiger charge is -2.54. The van der Waals surface area contributed by atoms with Gasteiger partial charge in [0.15, 0.2) is 17.2 Å². The van der Waals surface area contributed by atoms with E-state index in [1.165, 1.54) is 12.0 Å². The molecular formula is C18H22N2O5. The van der Waals surface area contributed by atoms with Crippen molar-refractivity contribution in [2.24, 2.45) is 5.92 Å². The van der Waals surface area contributed by atoms with Crippen LogP contribution < -0.4 is 14.8 Å². The summed E-state index contributed by atoms with van der Waals surface area (Å²) in [5.41, 5.74) is -0.514. The number of nitrogens with one attached hydrogen (secondary N) is 1. The number of hydrogen-bond donors (Lipinski definition) is 1. The number of rotatable bonds is 5. The number of hydrogen-bond acceptors (Lipinski definition) is 5. The number of esters is 1. The summed E-state index contributed by atoms with van der Waals surface area (Å²) in [7, 11) is 1.33. The molecule has 1 saturated heterocycles. The van der Waals surface area contributed by atoms with E-state index < -0.39 is 23.7 Å². The van der Waals surface area contributed by atoms with Crippen LogP contribution in [0.1, 0.15) is 25.5 Å². The summed E-state index contributed by atoms with van der Waals surface area (Å²) in [6.07, 6.45) is 1.59. The molecule has 7 heteroatoms. The van der Waals surface area contributed by atoms with Crippen LogP contribution in [0.15, 0.2) is 30.9 Å². The second kappa shape index (κ2) is 6.31. The molecule has 1 aromatic rings. The number of para-hydroxylation sites is 1. The van der Waals surface area contributed by atoms with Gasteiger partial charge in [0.05, 0.1) is 19.8 Å². The van der Waals surface area contributed by atoms with Crippen molar-refractivity contribution in [3.8, 4) is 11.5 Å². The normalized spacial score (nSPS) is 26.8. The second-order valence-electron chi connectivity index (χ2n) is 6.09. The van der Waals surface area contributed by atoms with Crippen LogP contribution in [-0.4, -0.2) is 42.9 Å². The van der Waals surface area contributed by atoms with Gasteiger partial charge in [0.2, 0.25) is 0 Å². The number of benzene rings is 1. The van der Waals surface area contributed by atoms with E-state index in [2.05, 4.69) is 11.9 Å². The van der Waals surface area contributed by atoms with Crippen molar-refractivity contribution in [1.82, 2.24) is 10.2 Å². The summed E-state index contributed by atoms with van der Waals surface area (Å²) >= 11 is 0. The molecule has 2 bridgehead atoms. The van der Waals surface area contributed by atoms with Crippen molar-refractivity contribution in [3.63, 3.8) is 0 Å². The van der Waals surface area contributed by atoms with E-state index >= 15 is 0 Å². The van der Waals surface area contributed by atoms with Crippen LogP contribution in [0.5, 0.6) is 11.5 Å². The Morgan fingerprint density at radius 2 is 2.28 bits per heavy atom. The summed E-state index contributed by atoms with van der Waals surface area (Å²) in [5, 5.41) is 2.90. The highest BCUT2D eigenvalue weighted by Crippen LogP contribution is 2.51.